The maximum Gasteiger partial charge on any atom is 0.407 e. The second kappa shape index (κ2) is 8.41. The molecule has 0 saturated heterocycles. The average Bonchev–Trinajstić information content (AvgIpc) is 2.43. The van der Waals surface area contributed by atoms with Crippen LogP contribution in [0, 0.1) is 0 Å². The molecule has 1 aromatic rings. The first-order valence-electron chi connectivity index (χ1n) is 7.52. The summed E-state index contributed by atoms with van der Waals surface area (Å²) in [6, 6.07) is 10.0. The van der Waals surface area contributed by atoms with Crippen molar-refractivity contribution in [2.24, 2.45) is 0 Å². The number of likely N-dealkylation sites (N-methyl/N-ethyl adjacent to an activating group) is 1. The van der Waals surface area contributed by atoms with Crippen molar-refractivity contribution in [1.29, 1.82) is 0 Å². The third-order valence-corrected chi connectivity index (χ3v) is 3.01. The van der Waals surface area contributed by atoms with Crippen molar-refractivity contribution in [2.45, 2.75) is 39.2 Å². The molecule has 0 unspecified atom stereocenters. The molecule has 0 bridgehead atoms. The van der Waals surface area contributed by atoms with E-state index in [2.05, 4.69) is 5.32 Å². The lowest BCUT2D eigenvalue weighted by molar-refractivity contribution is -0.129. The number of amides is 2. The highest BCUT2D eigenvalue weighted by Gasteiger charge is 2.16. The molecule has 122 valence electrons. The Kier molecular flexibility index (Phi) is 6.89. The number of ether oxygens (including phenoxy) is 1. The molecule has 1 rings (SSSR count). The van der Waals surface area contributed by atoms with Crippen LogP contribution in [-0.4, -0.2) is 42.6 Å². The summed E-state index contributed by atoms with van der Waals surface area (Å²) in [5, 5.41) is 2.59. The molecule has 1 N–H and O–H groups in total. The molecule has 0 aliphatic heterocycles. The third kappa shape index (κ3) is 7.67. The smallest absolute Gasteiger partial charge is 0.407 e. The van der Waals surface area contributed by atoms with Gasteiger partial charge in [0.25, 0.3) is 0 Å². The molecule has 0 heterocycles. The molecule has 0 aliphatic rings. The second-order valence-corrected chi connectivity index (χ2v) is 6.23. The van der Waals surface area contributed by atoms with E-state index in [0.717, 1.165) is 6.42 Å². The first-order chi connectivity index (χ1) is 10.3. The lowest BCUT2D eigenvalue weighted by Crippen LogP contribution is -2.36. The number of benzene rings is 1. The van der Waals surface area contributed by atoms with Crippen molar-refractivity contribution in [1.82, 2.24) is 10.2 Å². The maximum atomic E-state index is 12.0. The maximum absolute atomic E-state index is 12.0. The fraction of sp³-hybridized carbons (Fsp3) is 0.529. The lowest BCUT2D eigenvalue weighted by atomic mass is 10.1. The summed E-state index contributed by atoms with van der Waals surface area (Å²) in [6.45, 7) is 6.35. The third-order valence-electron chi connectivity index (χ3n) is 3.01. The van der Waals surface area contributed by atoms with Crippen LogP contribution in [0.15, 0.2) is 30.3 Å². The van der Waals surface area contributed by atoms with Gasteiger partial charge in [-0.05, 0) is 32.8 Å². The highest BCUT2D eigenvalue weighted by atomic mass is 16.6. The van der Waals surface area contributed by atoms with Gasteiger partial charge in [0.2, 0.25) is 5.91 Å². The minimum atomic E-state index is -0.527. The molecular formula is C17H26N2O3. The largest absolute Gasteiger partial charge is 0.444 e. The Morgan fingerprint density at radius 1 is 1.18 bits per heavy atom. The van der Waals surface area contributed by atoms with E-state index in [1.54, 1.807) is 32.7 Å². The Morgan fingerprint density at radius 3 is 2.41 bits per heavy atom. The highest BCUT2D eigenvalue weighted by molar-refractivity contribution is 5.77. The Bertz CT molecular complexity index is 480. The molecule has 0 radical (unpaired) electrons. The number of hydrogen-bond donors (Lipinski definition) is 1. The van der Waals surface area contributed by atoms with Gasteiger partial charge in [0.1, 0.15) is 5.60 Å². The topological polar surface area (TPSA) is 58.6 Å². The van der Waals surface area contributed by atoms with E-state index < -0.39 is 11.7 Å². The van der Waals surface area contributed by atoms with E-state index in [9.17, 15) is 9.59 Å². The molecule has 5 nitrogen and oxygen atoms in total. The number of rotatable bonds is 6. The van der Waals surface area contributed by atoms with Gasteiger partial charge in [-0.1, -0.05) is 30.3 Å². The summed E-state index contributed by atoms with van der Waals surface area (Å²) >= 11 is 0. The summed E-state index contributed by atoms with van der Waals surface area (Å²) in [7, 11) is 1.78. The molecule has 0 atom stereocenters. The number of alkyl carbamates (subject to hydrolysis) is 1. The van der Waals surface area contributed by atoms with Crippen molar-refractivity contribution in [3.05, 3.63) is 35.9 Å². The van der Waals surface area contributed by atoms with Crippen LogP contribution < -0.4 is 5.32 Å². The van der Waals surface area contributed by atoms with Gasteiger partial charge in [0.15, 0.2) is 0 Å². The summed E-state index contributed by atoms with van der Waals surface area (Å²) in [4.78, 5) is 25.1. The zero-order chi connectivity index (χ0) is 16.6. The molecule has 0 fully saturated rings. The molecule has 1 aromatic carbocycles. The predicted molar refractivity (Wildman–Crippen MR) is 86.6 cm³/mol. The minimum Gasteiger partial charge on any atom is -0.444 e. The van der Waals surface area contributed by atoms with Gasteiger partial charge in [-0.2, -0.15) is 0 Å². The van der Waals surface area contributed by atoms with E-state index in [1.807, 2.05) is 30.3 Å². The van der Waals surface area contributed by atoms with Gasteiger partial charge in [-0.3, -0.25) is 4.79 Å². The van der Waals surface area contributed by atoms with Crippen LogP contribution in [0.3, 0.4) is 0 Å². The molecule has 0 spiro atoms. The zero-order valence-corrected chi connectivity index (χ0v) is 13.9. The molecule has 22 heavy (non-hydrogen) atoms. The van der Waals surface area contributed by atoms with Gasteiger partial charge in [-0.25, -0.2) is 4.79 Å². The average molecular weight is 306 g/mol. The van der Waals surface area contributed by atoms with Crippen LogP contribution in [-0.2, 0) is 16.0 Å². The lowest BCUT2D eigenvalue weighted by Gasteiger charge is -2.20. The van der Waals surface area contributed by atoms with E-state index in [0.29, 0.717) is 6.54 Å². The quantitative estimate of drug-likeness (QED) is 0.879. The Hall–Kier alpha value is -2.04. The van der Waals surface area contributed by atoms with Gasteiger partial charge < -0.3 is 15.0 Å². The van der Waals surface area contributed by atoms with E-state index in [1.165, 1.54) is 5.56 Å². The van der Waals surface area contributed by atoms with Crippen LogP contribution in [0.4, 0.5) is 4.79 Å². The van der Waals surface area contributed by atoms with Crippen LogP contribution in [0.5, 0.6) is 0 Å². The van der Waals surface area contributed by atoms with Crippen molar-refractivity contribution in [2.75, 3.05) is 20.1 Å². The monoisotopic (exact) mass is 306 g/mol. The number of carbonyl (C=O) groups excluding carboxylic acids is 2. The predicted octanol–water partition coefficient (Wildman–Crippen LogP) is 2.60. The van der Waals surface area contributed by atoms with Crippen molar-refractivity contribution in [3.63, 3.8) is 0 Å². The number of hydrogen-bond acceptors (Lipinski definition) is 3. The molecular weight excluding hydrogens is 280 g/mol. The van der Waals surface area contributed by atoms with Gasteiger partial charge in [0, 0.05) is 26.6 Å². The van der Waals surface area contributed by atoms with Crippen LogP contribution >= 0.6 is 0 Å². The molecule has 0 saturated carbocycles. The van der Waals surface area contributed by atoms with Gasteiger partial charge in [0.05, 0.1) is 0 Å². The second-order valence-electron chi connectivity index (χ2n) is 6.23. The SMILES string of the molecule is CN(CCc1ccccc1)C(=O)CCNC(=O)OC(C)(C)C. The first-order valence-corrected chi connectivity index (χ1v) is 7.52. The van der Waals surface area contributed by atoms with Gasteiger partial charge in [-0.15, -0.1) is 0 Å². The van der Waals surface area contributed by atoms with Crippen molar-refractivity contribution >= 4 is 12.0 Å². The van der Waals surface area contributed by atoms with Crippen molar-refractivity contribution in [3.8, 4) is 0 Å². The minimum absolute atomic E-state index is 0.00647. The molecule has 5 heteroatoms. The van der Waals surface area contributed by atoms with Crippen LogP contribution in [0.1, 0.15) is 32.8 Å². The van der Waals surface area contributed by atoms with Crippen molar-refractivity contribution < 1.29 is 14.3 Å². The number of nitrogens with one attached hydrogen (secondary N) is 1. The Morgan fingerprint density at radius 2 is 1.82 bits per heavy atom. The number of nitrogens with zero attached hydrogens (tertiary/aromatic N) is 1. The van der Waals surface area contributed by atoms with Crippen LogP contribution in [0.25, 0.3) is 0 Å². The van der Waals surface area contributed by atoms with Crippen LogP contribution in [0.2, 0.25) is 0 Å². The van der Waals surface area contributed by atoms with E-state index >= 15 is 0 Å². The summed E-state index contributed by atoms with van der Waals surface area (Å²) < 4.78 is 5.11. The van der Waals surface area contributed by atoms with E-state index in [4.69, 9.17) is 4.74 Å². The Labute approximate surface area is 132 Å². The zero-order valence-electron chi connectivity index (χ0n) is 13.9. The first kappa shape index (κ1) is 18.0. The molecule has 0 aromatic heterocycles. The molecule has 2 amide bonds. The molecule has 0 aliphatic carbocycles. The standard InChI is InChI=1S/C17H26N2O3/c1-17(2,3)22-16(21)18-12-10-15(20)19(4)13-11-14-8-6-5-7-9-14/h5-9H,10-13H2,1-4H3,(H,18,21). The van der Waals surface area contributed by atoms with Gasteiger partial charge >= 0.3 is 6.09 Å². The summed E-state index contributed by atoms with van der Waals surface area (Å²) in [5.74, 6) is 0.00647. The fourth-order valence-corrected chi connectivity index (χ4v) is 1.84. The highest BCUT2D eigenvalue weighted by Crippen LogP contribution is 2.06. The summed E-state index contributed by atoms with van der Waals surface area (Å²) in [5.41, 5.74) is 0.676. The summed E-state index contributed by atoms with van der Waals surface area (Å²) in [6.07, 6.45) is 0.597. The normalized spacial score (nSPS) is 10.9. The van der Waals surface area contributed by atoms with E-state index in [-0.39, 0.29) is 18.9 Å². The number of carbonyl (C=O) groups is 2. The Balaban J connectivity index is 2.23. The fourth-order valence-electron chi connectivity index (χ4n) is 1.84.